The molecule has 0 unspecified atom stereocenters. The van der Waals surface area contributed by atoms with E-state index >= 15 is 0 Å². The normalized spacial score (nSPS) is 19.5. The molecule has 2 fully saturated rings. The number of benzene rings is 2. The van der Waals surface area contributed by atoms with Gasteiger partial charge in [-0.15, -0.1) is 0 Å². The summed E-state index contributed by atoms with van der Waals surface area (Å²) in [7, 11) is -0.0900. The van der Waals surface area contributed by atoms with E-state index in [0.717, 1.165) is 11.3 Å². The van der Waals surface area contributed by atoms with Crippen LogP contribution in [0.25, 0.3) is 0 Å². The highest BCUT2D eigenvalue weighted by molar-refractivity contribution is 7.59. The van der Waals surface area contributed by atoms with Crippen LogP contribution < -0.4 is 9.80 Å². The third-order valence-electron chi connectivity index (χ3n) is 11.5. The summed E-state index contributed by atoms with van der Waals surface area (Å²) in [4.78, 5) is 5.78. The topological polar surface area (TPSA) is 6.48 Å². The van der Waals surface area contributed by atoms with Gasteiger partial charge in [-0.3, -0.25) is 0 Å². The second kappa shape index (κ2) is 15.0. The first-order chi connectivity index (χ1) is 21.5. The van der Waals surface area contributed by atoms with Crippen molar-refractivity contribution in [3.05, 3.63) is 70.0 Å². The Morgan fingerprint density at radius 2 is 0.844 bits per heavy atom. The van der Waals surface area contributed by atoms with Crippen molar-refractivity contribution in [1.82, 2.24) is 0 Å². The minimum absolute atomic E-state index is 0.0900. The molecule has 3 heteroatoms. The first kappa shape index (κ1) is 34.5. The van der Waals surface area contributed by atoms with E-state index in [9.17, 15) is 0 Å². The lowest BCUT2D eigenvalue weighted by Crippen LogP contribution is -2.46. The maximum absolute atomic E-state index is 2.89. The van der Waals surface area contributed by atoms with Gasteiger partial charge < -0.3 is 9.80 Å². The molecule has 2 aliphatic carbocycles. The van der Waals surface area contributed by atoms with Gasteiger partial charge in [0.05, 0.1) is 0 Å². The third kappa shape index (κ3) is 7.08. The monoisotopic (exact) mass is 628 g/mol. The first-order valence-electron chi connectivity index (χ1n) is 18.8. The maximum atomic E-state index is 2.89. The van der Waals surface area contributed by atoms with Crippen molar-refractivity contribution < 1.29 is 0 Å². The van der Waals surface area contributed by atoms with Gasteiger partial charge in [0.2, 0.25) is 0 Å². The largest absolute Gasteiger partial charge is 0.322 e. The van der Waals surface area contributed by atoms with Gasteiger partial charge >= 0.3 is 0 Å². The average Bonchev–Trinajstić information content (AvgIpc) is 3.27. The van der Waals surface area contributed by atoms with E-state index in [1.165, 1.54) is 115 Å². The zero-order valence-electron chi connectivity index (χ0n) is 30.6. The number of rotatable bonds is 10. The van der Waals surface area contributed by atoms with Crippen LogP contribution in [0.3, 0.4) is 0 Å². The second-order valence-electron chi connectivity index (χ2n) is 15.9. The molecule has 0 saturated heterocycles. The molecule has 0 radical (unpaired) electrons. The average molecular weight is 629 g/mol. The van der Waals surface area contributed by atoms with E-state index in [-0.39, 0.29) is 7.92 Å². The van der Waals surface area contributed by atoms with Gasteiger partial charge in [0.25, 0.3) is 0 Å². The van der Waals surface area contributed by atoms with E-state index in [4.69, 9.17) is 0 Å². The predicted octanol–water partition coefficient (Wildman–Crippen LogP) is 13.2. The molecule has 5 rings (SSSR count). The summed E-state index contributed by atoms with van der Waals surface area (Å²) < 4.78 is 0. The minimum atomic E-state index is -0.0900. The summed E-state index contributed by atoms with van der Waals surface area (Å²) in [6, 6.07) is 14.4. The molecule has 0 amide bonds. The zero-order valence-corrected chi connectivity index (χ0v) is 31.5. The Balaban J connectivity index is 1.75. The van der Waals surface area contributed by atoms with Crippen LogP contribution in [0.4, 0.5) is 11.4 Å². The van der Waals surface area contributed by atoms with Gasteiger partial charge in [-0.05, 0) is 96.8 Å². The minimum Gasteiger partial charge on any atom is -0.322 e. The maximum Gasteiger partial charge on any atom is 0.114 e. The van der Waals surface area contributed by atoms with Crippen molar-refractivity contribution in [2.24, 2.45) is 0 Å². The number of hydrogen-bond donors (Lipinski definition) is 0. The van der Waals surface area contributed by atoms with Crippen LogP contribution in [0, 0.1) is 0 Å². The summed E-state index contributed by atoms with van der Waals surface area (Å²) in [5, 5.41) is 0. The van der Waals surface area contributed by atoms with E-state index in [0.29, 0.717) is 29.8 Å². The van der Waals surface area contributed by atoms with Crippen LogP contribution >= 0.6 is 7.92 Å². The molecular formula is C42H65N2P. The van der Waals surface area contributed by atoms with Crippen LogP contribution in [-0.2, 0) is 0 Å². The number of para-hydroxylation sites is 2. The van der Waals surface area contributed by atoms with Crippen molar-refractivity contribution in [3.8, 4) is 0 Å². The zero-order chi connectivity index (χ0) is 32.4. The van der Waals surface area contributed by atoms with Gasteiger partial charge in [-0.25, -0.2) is 0 Å². The Kier molecular flexibility index (Phi) is 11.5. The molecule has 0 bridgehead atoms. The highest BCUT2D eigenvalue weighted by Gasteiger charge is 2.44. The fourth-order valence-electron chi connectivity index (χ4n) is 8.90. The van der Waals surface area contributed by atoms with Crippen molar-refractivity contribution in [3.63, 3.8) is 0 Å². The fraction of sp³-hybridized carbons (Fsp3) is 0.667. The Bertz CT molecular complexity index is 1160. The lowest BCUT2D eigenvalue weighted by atomic mass is 9.91. The summed E-state index contributed by atoms with van der Waals surface area (Å²) >= 11 is 0. The molecule has 0 atom stereocenters. The van der Waals surface area contributed by atoms with Crippen LogP contribution in [-0.4, -0.2) is 23.6 Å². The fourth-order valence-corrected chi connectivity index (χ4v) is 12.9. The summed E-state index contributed by atoms with van der Waals surface area (Å²) in [6.45, 7) is 24.1. The smallest absolute Gasteiger partial charge is 0.114 e. The lowest BCUT2D eigenvalue weighted by molar-refractivity contribution is 0.482. The molecule has 0 spiro atoms. The Labute approximate surface area is 279 Å². The van der Waals surface area contributed by atoms with Crippen LogP contribution in [0.15, 0.2) is 47.8 Å². The standard InChI is InChI=1S/C42H65N2P/c1-28(2)36-23-17-24-37(29(3)4)41(36)43-32(9)33(10)44(42-38(30(5)6)25-18-26-39(42)31(7)8)40(43)27-45(34-19-13-11-14-20-34)35-21-15-12-16-22-35/h17-18,23-26,28-31,34-35,40H,11-16,19-22,27H2,1-10H3. The second-order valence-corrected chi connectivity index (χ2v) is 18.7. The molecule has 248 valence electrons. The Morgan fingerprint density at radius 1 is 0.533 bits per heavy atom. The number of hydrogen-bond acceptors (Lipinski definition) is 2. The summed E-state index contributed by atoms with van der Waals surface area (Å²) in [5.41, 5.74) is 13.9. The van der Waals surface area contributed by atoms with Crippen molar-refractivity contribution in [2.75, 3.05) is 16.0 Å². The number of nitrogens with zero attached hydrogens (tertiary/aromatic N) is 2. The molecule has 1 aliphatic heterocycles. The molecule has 0 aromatic heterocycles. The molecule has 2 aromatic carbocycles. The molecular weight excluding hydrogens is 563 g/mol. The van der Waals surface area contributed by atoms with Crippen molar-refractivity contribution >= 4 is 19.3 Å². The van der Waals surface area contributed by atoms with Gasteiger partial charge in [-0.2, -0.15) is 0 Å². The van der Waals surface area contributed by atoms with E-state index in [2.05, 4.69) is 115 Å². The van der Waals surface area contributed by atoms with Crippen LogP contribution in [0.5, 0.6) is 0 Å². The Morgan fingerprint density at radius 3 is 1.13 bits per heavy atom. The molecule has 1 heterocycles. The SMILES string of the molecule is CC1=C(C)N(c2c(C(C)C)cccc2C(C)C)C(CP(C2CCCCC2)C2CCCCC2)N1c1c(C(C)C)cccc1C(C)C. The van der Waals surface area contributed by atoms with Crippen LogP contribution in [0.1, 0.15) is 179 Å². The molecule has 2 nitrogen and oxygen atoms in total. The molecule has 45 heavy (non-hydrogen) atoms. The van der Waals surface area contributed by atoms with Crippen LogP contribution in [0.2, 0.25) is 0 Å². The van der Waals surface area contributed by atoms with E-state index < -0.39 is 0 Å². The van der Waals surface area contributed by atoms with Gasteiger partial charge in [0.15, 0.2) is 0 Å². The lowest BCUT2D eigenvalue weighted by Gasteiger charge is -2.45. The highest BCUT2D eigenvalue weighted by Crippen LogP contribution is 2.59. The predicted molar refractivity (Wildman–Crippen MR) is 202 cm³/mol. The van der Waals surface area contributed by atoms with Gasteiger partial charge in [0.1, 0.15) is 6.17 Å². The van der Waals surface area contributed by atoms with E-state index in [1.54, 1.807) is 0 Å². The van der Waals surface area contributed by atoms with Gasteiger partial charge in [0, 0.05) is 28.9 Å². The Hall–Kier alpha value is -1.79. The quantitative estimate of drug-likeness (QED) is 0.242. The van der Waals surface area contributed by atoms with Crippen molar-refractivity contribution in [1.29, 1.82) is 0 Å². The molecule has 0 N–H and O–H groups in total. The van der Waals surface area contributed by atoms with E-state index in [1.807, 2.05) is 0 Å². The highest BCUT2D eigenvalue weighted by atomic mass is 31.1. The van der Waals surface area contributed by atoms with Gasteiger partial charge in [-0.1, -0.05) is 138 Å². The first-order valence-corrected chi connectivity index (χ1v) is 20.5. The molecule has 2 saturated carbocycles. The number of anilines is 2. The summed E-state index contributed by atoms with van der Waals surface area (Å²) in [5.74, 6) is 1.92. The summed E-state index contributed by atoms with van der Waals surface area (Å²) in [6.07, 6.45) is 16.2. The molecule has 3 aliphatic rings. The number of allylic oxidation sites excluding steroid dienone is 2. The molecule has 2 aromatic rings. The van der Waals surface area contributed by atoms with Crippen molar-refractivity contribution in [2.45, 2.75) is 175 Å². The third-order valence-corrected chi connectivity index (χ3v) is 15.1.